The summed E-state index contributed by atoms with van der Waals surface area (Å²) >= 11 is 0. The Morgan fingerprint density at radius 3 is 2.79 bits per heavy atom. The van der Waals surface area contributed by atoms with E-state index in [1.165, 1.54) is 6.26 Å². The maximum atomic E-state index is 11.6. The Kier molecular flexibility index (Phi) is 7.99. The normalized spacial score (nSPS) is 28.0. The summed E-state index contributed by atoms with van der Waals surface area (Å²) in [6, 6.07) is 3.79. The average Bonchev–Trinajstić information content (AvgIpc) is 2.71. The van der Waals surface area contributed by atoms with Crippen LogP contribution in [0.5, 0.6) is 5.88 Å². The first-order valence-electron chi connectivity index (χ1n) is 10.3. The largest absolute Gasteiger partial charge is 0.470 e. The van der Waals surface area contributed by atoms with Crippen LogP contribution in [0.2, 0.25) is 0 Å². The van der Waals surface area contributed by atoms with Gasteiger partial charge >= 0.3 is 0 Å². The summed E-state index contributed by atoms with van der Waals surface area (Å²) in [4.78, 5) is 14.9. The van der Waals surface area contributed by atoms with Crippen molar-refractivity contribution in [1.29, 1.82) is 0 Å². The third kappa shape index (κ3) is 6.74. The number of hydrogen-bond donors (Lipinski definition) is 2. The SMILES string of the molecule is CS(=O)(=O)N[C@H]1CCCN[C@H]1CO[C@H]1CC[C@@H](c2cccnc2OCC=O)CC1. The molecule has 0 aromatic carbocycles. The molecule has 2 atom stereocenters. The van der Waals surface area contributed by atoms with Crippen LogP contribution in [0.1, 0.15) is 50.0 Å². The maximum absolute atomic E-state index is 11.6. The molecule has 0 unspecified atom stereocenters. The number of nitrogens with one attached hydrogen (secondary N) is 2. The Bertz CT molecular complexity index is 765. The molecule has 1 aliphatic carbocycles. The molecule has 3 rings (SSSR count). The van der Waals surface area contributed by atoms with Crippen LogP contribution in [-0.4, -0.2) is 63.9 Å². The molecule has 1 aliphatic heterocycles. The van der Waals surface area contributed by atoms with Crippen LogP contribution in [0.15, 0.2) is 18.3 Å². The van der Waals surface area contributed by atoms with Gasteiger partial charge in [-0.05, 0) is 57.1 Å². The molecule has 0 bridgehead atoms. The van der Waals surface area contributed by atoms with Gasteiger partial charge in [0, 0.05) is 23.8 Å². The lowest BCUT2D eigenvalue weighted by Gasteiger charge is -2.35. The minimum absolute atomic E-state index is 0.00198. The van der Waals surface area contributed by atoms with Gasteiger partial charge in [-0.25, -0.2) is 18.1 Å². The van der Waals surface area contributed by atoms with Crippen LogP contribution in [0.4, 0.5) is 0 Å². The molecule has 1 aromatic heterocycles. The molecule has 1 saturated heterocycles. The van der Waals surface area contributed by atoms with Crippen LogP contribution in [0, 0.1) is 0 Å². The second-order valence-electron chi connectivity index (χ2n) is 7.88. The van der Waals surface area contributed by atoms with Crippen molar-refractivity contribution in [2.75, 3.05) is 26.0 Å². The second-order valence-corrected chi connectivity index (χ2v) is 9.66. The van der Waals surface area contributed by atoms with Crippen molar-refractivity contribution in [3.63, 3.8) is 0 Å². The quantitative estimate of drug-likeness (QED) is 0.576. The highest BCUT2D eigenvalue weighted by molar-refractivity contribution is 7.88. The molecule has 1 saturated carbocycles. The Balaban J connectivity index is 1.49. The summed E-state index contributed by atoms with van der Waals surface area (Å²) in [7, 11) is -3.23. The van der Waals surface area contributed by atoms with Gasteiger partial charge in [0.15, 0.2) is 6.29 Å². The van der Waals surface area contributed by atoms with Gasteiger partial charge in [-0.15, -0.1) is 0 Å². The van der Waals surface area contributed by atoms with Gasteiger partial charge in [0.1, 0.15) is 6.61 Å². The van der Waals surface area contributed by atoms with E-state index in [0.29, 0.717) is 18.4 Å². The maximum Gasteiger partial charge on any atom is 0.217 e. The van der Waals surface area contributed by atoms with Gasteiger partial charge in [0.2, 0.25) is 15.9 Å². The summed E-state index contributed by atoms with van der Waals surface area (Å²) in [5, 5.41) is 3.39. The fourth-order valence-electron chi connectivity index (χ4n) is 4.27. The first-order chi connectivity index (χ1) is 14.0. The number of hydrogen-bond acceptors (Lipinski definition) is 7. The predicted molar refractivity (Wildman–Crippen MR) is 110 cm³/mol. The van der Waals surface area contributed by atoms with E-state index in [2.05, 4.69) is 15.0 Å². The lowest BCUT2D eigenvalue weighted by molar-refractivity contribution is -0.109. The topological polar surface area (TPSA) is 107 Å². The Morgan fingerprint density at radius 2 is 2.07 bits per heavy atom. The van der Waals surface area contributed by atoms with Crippen LogP contribution in [0.25, 0.3) is 0 Å². The average molecular weight is 426 g/mol. The van der Waals surface area contributed by atoms with Gasteiger partial charge < -0.3 is 14.8 Å². The fraction of sp³-hybridized carbons (Fsp3) is 0.700. The number of sulfonamides is 1. The zero-order valence-corrected chi connectivity index (χ0v) is 17.7. The predicted octanol–water partition coefficient (Wildman–Crippen LogP) is 1.37. The number of pyridine rings is 1. The van der Waals surface area contributed by atoms with Crippen molar-refractivity contribution in [2.24, 2.45) is 0 Å². The molecule has 2 fully saturated rings. The first kappa shape index (κ1) is 22.1. The van der Waals surface area contributed by atoms with E-state index in [1.807, 2.05) is 12.1 Å². The van der Waals surface area contributed by atoms with E-state index in [4.69, 9.17) is 9.47 Å². The lowest BCUT2D eigenvalue weighted by Crippen LogP contribution is -2.55. The highest BCUT2D eigenvalue weighted by Gasteiger charge is 2.30. The van der Waals surface area contributed by atoms with Crippen LogP contribution in [-0.2, 0) is 19.6 Å². The van der Waals surface area contributed by atoms with Gasteiger partial charge in [-0.3, -0.25) is 4.79 Å². The molecule has 29 heavy (non-hydrogen) atoms. The highest BCUT2D eigenvalue weighted by atomic mass is 32.2. The fourth-order valence-corrected chi connectivity index (χ4v) is 5.10. The molecule has 9 heteroatoms. The Labute approximate surface area is 172 Å². The lowest BCUT2D eigenvalue weighted by atomic mass is 9.83. The third-order valence-corrected chi connectivity index (χ3v) is 6.39. The first-order valence-corrected chi connectivity index (χ1v) is 12.2. The van der Waals surface area contributed by atoms with Gasteiger partial charge in [0.25, 0.3) is 0 Å². The number of aldehydes is 1. The monoisotopic (exact) mass is 425 g/mol. The van der Waals surface area contributed by atoms with Crippen molar-refractivity contribution in [1.82, 2.24) is 15.0 Å². The minimum atomic E-state index is -3.23. The smallest absolute Gasteiger partial charge is 0.217 e. The molecule has 162 valence electrons. The number of carbonyl (C=O) groups is 1. The number of nitrogens with zero attached hydrogens (tertiary/aromatic N) is 1. The Hall–Kier alpha value is -1.55. The Morgan fingerprint density at radius 1 is 1.28 bits per heavy atom. The molecule has 0 amide bonds. The molecule has 8 nitrogen and oxygen atoms in total. The molecule has 2 aliphatic rings. The van der Waals surface area contributed by atoms with E-state index in [9.17, 15) is 13.2 Å². The standard InChI is InChI=1S/C20H31N3O5S/c1-29(25,26)23-18-5-3-10-21-19(18)14-28-16-8-6-15(7-9-16)17-4-2-11-22-20(17)27-13-12-24/h2,4,11-12,15-16,18-19,21,23H,3,5-10,13-14H2,1H3/t15-,16+,18-,19-/m0/s1. The highest BCUT2D eigenvalue weighted by Crippen LogP contribution is 2.37. The van der Waals surface area contributed by atoms with Crippen molar-refractivity contribution in [3.8, 4) is 5.88 Å². The van der Waals surface area contributed by atoms with Crippen LogP contribution < -0.4 is 14.8 Å². The number of ether oxygens (including phenoxy) is 2. The number of carbonyl (C=O) groups excluding carboxylic acids is 1. The van der Waals surface area contributed by atoms with E-state index in [0.717, 1.165) is 56.9 Å². The van der Waals surface area contributed by atoms with Gasteiger partial charge in [-0.1, -0.05) is 6.07 Å². The minimum Gasteiger partial charge on any atom is -0.470 e. The second kappa shape index (κ2) is 10.5. The molecule has 2 N–H and O–H groups in total. The van der Waals surface area contributed by atoms with E-state index >= 15 is 0 Å². The number of piperidine rings is 1. The van der Waals surface area contributed by atoms with Crippen LogP contribution >= 0.6 is 0 Å². The van der Waals surface area contributed by atoms with Crippen LogP contribution in [0.3, 0.4) is 0 Å². The van der Waals surface area contributed by atoms with Crippen molar-refractivity contribution >= 4 is 16.3 Å². The van der Waals surface area contributed by atoms with E-state index in [-0.39, 0.29) is 24.8 Å². The van der Waals surface area contributed by atoms with Crippen molar-refractivity contribution in [2.45, 2.75) is 62.6 Å². The molecule has 0 radical (unpaired) electrons. The van der Waals surface area contributed by atoms with E-state index in [1.54, 1.807) is 6.20 Å². The van der Waals surface area contributed by atoms with Crippen molar-refractivity contribution < 1.29 is 22.7 Å². The van der Waals surface area contributed by atoms with E-state index < -0.39 is 10.0 Å². The van der Waals surface area contributed by atoms with Gasteiger partial charge in [-0.2, -0.15) is 0 Å². The summed E-state index contributed by atoms with van der Waals surface area (Å²) < 4.78 is 37.6. The summed E-state index contributed by atoms with van der Waals surface area (Å²) in [5.74, 6) is 0.891. The summed E-state index contributed by atoms with van der Waals surface area (Å²) in [6.45, 7) is 1.40. The zero-order chi connectivity index (χ0) is 20.7. The molecular weight excluding hydrogens is 394 g/mol. The molecule has 1 aromatic rings. The zero-order valence-electron chi connectivity index (χ0n) is 16.9. The number of rotatable bonds is 9. The summed E-state index contributed by atoms with van der Waals surface area (Å²) in [5.41, 5.74) is 1.05. The molecule has 2 heterocycles. The molecule has 0 spiro atoms. The third-order valence-electron chi connectivity index (χ3n) is 5.66. The summed E-state index contributed by atoms with van der Waals surface area (Å²) in [6.07, 6.45) is 9.36. The van der Waals surface area contributed by atoms with Gasteiger partial charge in [0.05, 0.1) is 19.0 Å². The van der Waals surface area contributed by atoms with Crippen molar-refractivity contribution in [3.05, 3.63) is 23.9 Å². The number of aromatic nitrogens is 1. The molecular formula is C20H31N3O5S.